The Bertz CT molecular complexity index is 950. The monoisotopic (exact) mass is 356 g/mol. The van der Waals surface area contributed by atoms with Gasteiger partial charge in [0.15, 0.2) is 0 Å². The Morgan fingerprint density at radius 3 is 2.44 bits per heavy atom. The first-order valence-electron chi connectivity index (χ1n) is 9.81. The van der Waals surface area contributed by atoms with Crippen LogP contribution in [0.25, 0.3) is 0 Å². The lowest BCUT2D eigenvalue weighted by Gasteiger charge is -2.36. The summed E-state index contributed by atoms with van der Waals surface area (Å²) in [5.41, 5.74) is 3.92. The van der Waals surface area contributed by atoms with Gasteiger partial charge in [-0.25, -0.2) is 9.97 Å². The van der Waals surface area contributed by atoms with Crippen molar-refractivity contribution < 1.29 is 0 Å². The number of fused-ring (bicyclic) bond motifs is 1. The molecule has 0 amide bonds. The van der Waals surface area contributed by atoms with Crippen LogP contribution in [0.2, 0.25) is 0 Å². The fourth-order valence-electron chi connectivity index (χ4n) is 3.84. The fraction of sp³-hybridized carbons (Fsp3) is 0.304. The van der Waals surface area contributed by atoms with E-state index in [4.69, 9.17) is 9.97 Å². The molecule has 0 saturated heterocycles. The second-order valence-corrected chi connectivity index (χ2v) is 7.68. The van der Waals surface area contributed by atoms with Crippen LogP contribution in [0.3, 0.4) is 0 Å². The van der Waals surface area contributed by atoms with Crippen LogP contribution in [-0.2, 0) is 13.0 Å². The molecule has 2 aliphatic rings. The van der Waals surface area contributed by atoms with Gasteiger partial charge in [0, 0.05) is 30.3 Å². The van der Waals surface area contributed by atoms with Crippen LogP contribution in [0.5, 0.6) is 0 Å². The fourth-order valence-corrected chi connectivity index (χ4v) is 3.84. The molecule has 0 radical (unpaired) electrons. The Hall–Kier alpha value is -2.88. The van der Waals surface area contributed by atoms with Crippen molar-refractivity contribution in [2.75, 3.05) is 10.2 Å². The third-order valence-corrected chi connectivity index (χ3v) is 5.52. The van der Waals surface area contributed by atoms with Crippen molar-refractivity contribution in [2.24, 2.45) is 0 Å². The van der Waals surface area contributed by atoms with Gasteiger partial charge in [0.25, 0.3) is 0 Å². The lowest BCUT2D eigenvalue weighted by molar-refractivity contribution is 0.585. The summed E-state index contributed by atoms with van der Waals surface area (Å²) in [6.45, 7) is 3.20. The number of nitrogens with one attached hydrogen (secondary N) is 1. The summed E-state index contributed by atoms with van der Waals surface area (Å²) in [5.74, 6) is 3.43. The van der Waals surface area contributed by atoms with Crippen molar-refractivity contribution in [3.63, 3.8) is 0 Å². The van der Waals surface area contributed by atoms with E-state index in [0.29, 0.717) is 12.0 Å². The van der Waals surface area contributed by atoms with E-state index in [0.717, 1.165) is 36.1 Å². The lowest BCUT2D eigenvalue weighted by Crippen LogP contribution is -2.39. The minimum absolute atomic E-state index is 0.423. The van der Waals surface area contributed by atoms with E-state index < -0.39 is 0 Å². The normalized spacial score (nSPS) is 18.9. The highest BCUT2D eigenvalue weighted by Gasteiger charge is 2.30. The molecule has 1 atom stereocenters. The molecule has 1 aromatic heterocycles. The molecule has 0 bridgehead atoms. The molecule has 1 fully saturated rings. The highest BCUT2D eigenvalue weighted by molar-refractivity contribution is 5.60. The van der Waals surface area contributed by atoms with Gasteiger partial charge >= 0.3 is 0 Å². The summed E-state index contributed by atoms with van der Waals surface area (Å²) >= 11 is 0. The Balaban J connectivity index is 1.50. The maximum Gasteiger partial charge on any atom is 0.136 e. The zero-order chi connectivity index (χ0) is 18.2. The summed E-state index contributed by atoms with van der Waals surface area (Å²) in [4.78, 5) is 12.2. The van der Waals surface area contributed by atoms with E-state index in [2.05, 4.69) is 59.6 Å². The summed E-state index contributed by atoms with van der Waals surface area (Å²) in [6, 6.07) is 21.5. The third-order valence-electron chi connectivity index (χ3n) is 5.52. The molecule has 1 saturated carbocycles. The van der Waals surface area contributed by atoms with Gasteiger partial charge in [-0.05, 0) is 49.4 Å². The van der Waals surface area contributed by atoms with Crippen LogP contribution in [0.15, 0.2) is 60.7 Å². The van der Waals surface area contributed by atoms with Crippen LogP contribution in [0, 0.1) is 0 Å². The van der Waals surface area contributed by atoms with Gasteiger partial charge in [0.05, 0.1) is 0 Å². The number of aromatic nitrogens is 2. The van der Waals surface area contributed by atoms with Crippen LogP contribution in [0.4, 0.5) is 17.3 Å². The van der Waals surface area contributed by atoms with Crippen LogP contribution in [-0.4, -0.2) is 16.0 Å². The molecule has 1 aliphatic carbocycles. The zero-order valence-corrected chi connectivity index (χ0v) is 15.6. The average Bonchev–Trinajstić information content (AvgIpc) is 3.53. The minimum atomic E-state index is 0.423. The molecule has 2 heterocycles. The van der Waals surface area contributed by atoms with E-state index >= 15 is 0 Å². The molecule has 3 aromatic rings. The Morgan fingerprint density at radius 2 is 1.67 bits per heavy atom. The van der Waals surface area contributed by atoms with Gasteiger partial charge in [0.2, 0.25) is 0 Å². The standard InChI is InChI=1S/C23H24N4/c1-16-13-18-7-5-6-8-19(18)15-27(16)22-14-21(24-20-9-3-2-4-10-20)25-23(26-22)17-11-12-17/h2-10,14,16-17H,11-13,15H2,1H3,(H,24,25,26)/t16-/m1/s1. The number of hydrogen-bond donors (Lipinski definition) is 1. The molecule has 4 heteroatoms. The maximum atomic E-state index is 4.96. The molecule has 0 unspecified atom stereocenters. The first-order chi connectivity index (χ1) is 13.3. The Labute approximate surface area is 160 Å². The smallest absolute Gasteiger partial charge is 0.136 e. The number of hydrogen-bond acceptors (Lipinski definition) is 4. The van der Waals surface area contributed by atoms with E-state index in [-0.39, 0.29) is 0 Å². The molecule has 27 heavy (non-hydrogen) atoms. The van der Waals surface area contributed by atoms with Gasteiger partial charge in [-0.2, -0.15) is 0 Å². The number of anilines is 3. The van der Waals surface area contributed by atoms with Gasteiger partial charge in [-0.15, -0.1) is 0 Å². The summed E-state index contributed by atoms with van der Waals surface area (Å²) in [7, 11) is 0. The van der Waals surface area contributed by atoms with Crippen LogP contribution >= 0.6 is 0 Å². The molecule has 2 aromatic carbocycles. The number of rotatable bonds is 4. The minimum Gasteiger partial charge on any atom is -0.349 e. The number of benzene rings is 2. The molecule has 136 valence electrons. The third kappa shape index (κ3) is 3.39. The number of nitrogens with zero attached hydrogens (tertiary/aromatic N) is 3. The second kappa shape index (κ2) is 6.69. The van der Waals surface area contributed by atoms with E-state index in [9.17, 15) is 0 Å². The first-order valence-corrected chi connectivity index (χ1v) is 9.81. The van der Waals surface area contributed by atoms with Crippen molar-refractivity contribution in [1.29, 1.82) is 0 Å². The summed E-state index contributed by atoms with van der Waals surface area (Å²) in [6.07, 6.45) is 3.46. The largest absolute Gasteiger partial charge is 0.349 e. The average molecular weight is 356 g/mol. The van der Waals surface area contributed by atoms with Gasteiger partial charge in [-0.3, -0.25) is 0 Å². The molecule has 4 nitrogen and oxygen atoms in total. The predicted octanol–water partition coefficient (Wildman–Crippen LogP) is 5.05. The topological polar surface area (TPSA) is 41.0 Å². The van der Waals surface area contributed by atoms with Gasteiger partial charge < -0.3 is 10.2 Å². The van der Waals surface area contributed by atoms with Crippen molar-refractivity contribution in [2.45, 2.75) is 44.7 Å². The first kappa shape index (κ1) is 16.3. The van der Waals surface area contributed by atoms with Crippen molar-refractivity contribution in [3.05, 3.63) is 77.6 Å². The zero-order valence-electron chi connectivity index (χ0n) is 15.6. The summed E-state index contributed by atoms with van der Waals surface area (Å²) in [5, 5.41) is 3.46. The molecular formula is C23H24N4. The quantitative estimate of drug-likeness (QED) is 0.710. The SMILES string of the molecule is C[C@@H]1Cc2ccccc2CN1c1cc(Nc2ccccc2)nc(C2CC2)n1. The van der Waals surface area contributed by atoms with E-state index in [1.807, 2.05) is 18.2 Å². The van der Waals surface area contributed by atoms with Crippen molar-refractivity contribution in [3.8, 4) is 0 Å². The molecule has 1 N–H and O–H groups in total. The Kier molecular flexibility index (Phi) is 4.04. The van der Waals surface area contributed by atoms with Gasteiger partial charge in [0.1, 0.15) is 17.5 Å². The van der Waals surface area contributed by atoms with Crippen LogP contribution < -0.4 is 10.2 Å². The molecule has 1 aliphatic heterocycles. The second-order valence-electron chi connectivity index (χ2n) is 7.68. The highest BCUT2D eigenvalue weighted by atomic mass is 15.2. The Morgan fingerprint density at radius 1 is 0.926 bits per heavy atom. The number of para-hydroxylation sites is 1. The molecular weight excluding hydrogens is 332 g/mol. The van der Waals surface area contributed by atoms with Crippen LogP contribution in [0.1, 0.15) is 42.6 Å². The van der Waals surface area contributed by atoms with Gasteiger partial charge in [-0.1, -0.05) is 42.5 Å². The van der Waals surface area contributed by atoms with E-state index in [1.54, 1.807) is 0 Å². The highest BCUT2D eigenvalue weighted by Crippen LogP contribution is 2.40. The summed E-state index contributed by atoms with van der Waals surface area (Å²) < 4.78 is 0. The van der Waals surface area contributed by atoms with E-state index in [1.165, 1.54) is 24.0 Å². The molecule has 0 spiro atoms. The molecule has 5 rings (SSSR count). The predicted molar refractivity (Wildman–Crippen MR) is 110 cm³/mol. The lowest BCUT2D eigenvalue weighted by atomic mass is 9.95. The van der Waals surface area contributed by atoms with Crippen molar-refractivity contribution in [1.82, 2.24) is 9.97 Å². The van der Waals surface area contributed by atoms with Crippen molar-refractivity contribution >= 4 is 17.3 Å². The maximum absolute atomic E-state index is 4.96.